The third-order valence-corrected chi connectivity index (χ3v) is 13.8. The minimum atomic E-state index is 0.850. The molecule has 0 unspecified atom stereocenters. The summed E-state index contributed by atoms with van der Waals surface area (Å²) >= 11 is 0. The minimum Gasteiger partial charge on any atom is -0.455 e. The van der Waals surface area contributed by atoms with Crippen LogP contribution in [0.2, 0.25) is 0 Å². The largest absolute Gasteiger partial charge is 0.455 e. The van der Waals surface area contributed by atoms with Gasteiger partial charge in [-0.15, -0.1) is 0 Å². The van der Waals surface area contributed by atoms with Crippen LogP contribution in [0.25, 0.3) is 98.4 Å². The summed E-state index contributed by atoms with van der Waals surface area (Å²) in [4.78, 5) is 4.75. The van der Waals surface area contributed by atoms with Crippen LogP contribution in [-0.2, 0) is 0 Å². The van der Waals surface area contributed by atoms with Crippen molar-refractivity contribution in [3.8, 4) is 22.3 Å². The van der Waals surface area contributed by atoms with Gasteiger partial charge in [0.05, 0.1) is 11.4 Å². The third-order valence-electron chi connectivity index (χ3n) is 13.8. The van der Waals surface area contributed by atoms with Crippen LogP contribution in [0.4, 0.5) is 34.1 Å². The SMILES string of the molecule is c1ccc(-c2cccc3c2oc2cc(N(c4ccccc4)c4ccc5ccc6c(N(c7ccccc7)c7ccc8c(c7)oc7c(-c9ccccc9)cccc78)ccc7ccc4c5c76)ccc23)cc1. The third kappa shape index (κ3) is 5.94. The fourth-order valence-corrected chi connectivity index (χ4v) is 10.7. The molecular formula is C64H40N2O2. The molecule has 0 spiro atoms. The maximum Gasteiger partial charge on any atom is 0.143 e. The molecule has 318 valence electrons. The van der Waals surface area contributed by atoms with Crippen molar-refractivity contribution in [2.24, 2.45) is 0 Å². The highest BCUT2D eigenvalue weighted by Crippen LogP contribution is 2.49. The Hall–Kier alpha value is -9.12. The number of fused-ring (bicyclic) bond motifs is 6. The fraction of sp³-hybridized carbons (Fsp3) is 0. The van der Waals surface area contributed by atoms with E-state index in [0.29, 0.717) is 0 Å². The number of rotatable bonds is 8. The standard InChI is InChI=1S/C64H40N2O2/c1-5-15-41(16-6-1)49-23-13-25-53-51-35-31-47(39-59(51)67-63(49)53)65(45-19-9-3-10-20-45)57-37-29-43-28-34-56-58(38-30-44-27-33-55(57)61(43)62(44)56)66(46-21-11-4-12-22-46)48-32-36-52-54-26-14-24-50(42-17-7-2-8-18-42)64(54)68-60(52)40-48/h1-40H. The molecule has 2 aromatic heterocycles. The Morgan fingerprint density at radius 2 is 0.647 bits per heavy atom. The molecule has 14 rings (SSSR count). The van der Waals surface area contributed by atoms with Gasteiger partial charge < -0.3 is 18.6 Å². The number of hydrogen-bond donors (Lipinski definition) is 0. The van der Waals surface area contributed by atoms with E-state index in [1.165, 1.54) is 32.3 Å². The number of furan rings is 2. The summed E-state index contributed by atoms with van der Waals surface area (Å²) in [6.45, 7) is 0. The molecule has 4 nitrogen and oxygen atoms in total. The first-order valence-electron chi connectivity index (χ1n) is 23.2. The second-order valence-electron chi connectivity index (χ2n) is 17.6. The average molecular weight is 869 g/mol. The fourth-order valence-electron chi connectivity index (χ4n) is 10.7. The van der Waals surface area contributed by atoms with Crippen LogP contribution in [0.15, 0.2) is 251 Å². The van der Waals surface area contributed by atoms with Gasteiger partial charge in [0.15, 0.2) is 0 Å². The van der Waals surface area contributed by atoms with E-state index in [0.717, 1.165) is 100 Å². The Morgan fingerprint density at radius 1 is 0.265 bits per heavy atom. The number of nitrogens with zero attached hydrogens (tertiary/aromatic N) is 2. The Balaban J connectivity index is 0.949. The predicted octanol–water partition coefficient (Wildman–Crippen LogP) is 18.7. The molecule has 68 heavy (non-hydrogen) atoms. The van der Waals surface area contributed by atoms with Gasteiger partial charge in [0.1, 0.15) is 22.3 Å². The number of anilines is 6. The Kier molecular flexibility index (Phi) is 8.55. The van der Waals surface area contributed by atoms with Crippen LogP contribution in [0.1, 0.15) is 0 Å². The van der Waals surface area contributed by atoms with Crippen molar-refractivity contribution in [3.05, 3.63) is 243 Å². The zero-order valence-corrected chi connectivity index (χ0v) is 36.8. The van der Waals surface area contributed by atoms with E-state index in [2.05, 4.69) is 252 Å². The van der Waals surface area contributed by atoms with Crippen LogP contribution < -0.4 is 9.80 Å². The quantitative estimate of drug-likeness (QED) is 0.142. The van der Waals surface area contributed by atoms with Crippen molar-refractivity contribution in [1.82, 2.24) is 0 Å². The maximum atomic E-state index is 6.81. The van der Waals surface area contributed by atoms with Gasteiger partial charge in [-0.1, -0.05) is 170 Å². The number of hydrogen-bond acceptors (Lipinski definition) is 4. The van der Waals surface area contributed by atoms with E-state index in [1.807, 2.05) is 0 Å². The number of para-hydroxylation sites is 4. The highest BCUT2D eigenvalue weighted by atomic mass is 16.3. The van der Waals surface area contributed by atoms with Crippen LogP contribution in [0.5, 0.6) is 0 Å². The normalized spacial score (nSPS) is 11.8. The van der Waals surface area contributed by atoms with Crippen LogP contribution in [0.3, 0.4) is 0 Å². The zero-order valence-electron chi connectivity index (χ0n) is 36.8. The van der Waals surface area contributed by atoms with Crippen molar-refractivity contribution in [1.29, 1.82) is 0 Å². The van der Waals surface area contributed by atoms with Crippen LogP contribution in [0, 0.1) is 0 Å². The van der Waals surface area contributed by atoms with E-state index in [4.69, 9.17) is 8.83 Å². The summed E-state index contributed by atoms with van der Waals surface area (Å²) < 4.78 is 13.6. The molecule has 0 N–H and O–H groups in total. The van der Waals surface area contributed by atoms with E-state index >= 15 is 0 Å². The Labute approximate surface area is 392 Å². The molecule has 0 bridgehead atoms. The second-order valence-corrected chi connectivity index (χ2v) is 17.6. The molecule has 0 aliphatic heterocycles. The second kappa shape index (κ2) is 15.2. The lowest BCUT2D eigenvalue weighted by molar-refractivity contribution is 0.669. The lowest BCUT2D eigenvalue weighted by Gasteiger charge is -2.29. The minimum absolute atomic E-state index is 0.850. The smallest absolute Gasteiger partial charge is 0.143 e. The summed E-state index contributed by atoms with van der Waals surface area (Å²) in [5, 5.41) is 11.6. The zero-order chi connectivity index (χ0) is 44.7. The van der Waals surface area contributed by atoms with Crippen LogP contribution in [-0.4, -0.2) is 0 Å². The summed E-state index contributed by atoms with van der Waals surface area (Å²) in [7, 11) is 0. The topological polar surface area (TPSA) is 32.8 Å². The molecule has 0 saturated carbocycles. The first-order valence-corrected chi connectivity index (χ1v) is 23.2. The monoisotopic (exact) mass is 868 g/mol. The van der Waals surface area contributed by atoms with E-state index < -0.39 is 0 Å². The van der Waals surface area contributed by atoms with Gasteiger partial charge in [-0.2, -0.15) is 0 Å². The van der Waals surface area contributed by atoms with Crippen molar-refractivity contribution >= 4 is 110 Å². The lowest BCUT2D eigenvalue weighted by Crippen LogP contribution is -2.11. The van der Waals surface area contributed by atoms with Crippen molar-refractivity contribution in [2.75, 3.05) is 9.80 Å². The van der Waals surface area contributed by atoms with Crippen molar-refractivity contribution < 1.29 is 8.83 Å². The molecule has 0 aliphatic rings. The molecule has 0 radical (unpaired) electrons. The summed E-state index contributed by atoms with van der Waals surface area (Å²) in [6, 6.07) is 86.7. The van der Waals surface area contributed by atoms with Gasteiger partial charge in [0.2, 0.25) is 0 Å². The average Bonchev–Trinajstić information content (AvgIpc) is 3.98. The van der Waals surface area contributed by atoms with Gasteiger partial charge in [-0.25, -0.2) is 0 Å². The highest BCUT2D eigenvalue weighted by molar-refractivity contribution is 6.28. The number of benzene rings is 12. The Morgan fingerprint density at radius 3 is 1.07 bits per heavy atom. The maximum absolute atomic E-state index is 6.81. The highest BCUT2D eigenvalue weighted by Gasteiger charge is 2.24. The summed E-state index contributed by atoms with van der Waals surface area (Å²) in [5.41, 5.74) is 14.3. The predicted molar refractivity (Wildman–Crippen MR) is 285 cm³/mol. The first-order chi connectivity index (χ1) is 33.7. The van der Waals surface area contributed by atoms with Crippen LogP contribution >= 0.6 is 0 Å². The molecule has 0 saturated heterocycles. The summed E-state index contributed by atoms with van der Waals surface area (Å²) in [5.74, 6) is 0. The van der Waals surface area contributed by atoms with E-state index in [-0.39, 0.29) is 0 Å². The van der Waals surface area contributed by atoms with Gasteiger partial charge >= 0.3 is 0 Å². The van der Waals surface area contributed by atoms with Gasteiger partial charge in [0.25, 0.3) is 0 Å². The molecule has 12 aromatic carbocycles. The molecule has 0 fully saturated rings. The first kappa shape index (κ1) is 38.2. The molecule has 14 aromatic rings. The molecule has 0 aliphatic carbocycles. The molecule has 4 heteroatoms. The molecule has 0 amide bonds. The summed E-state index contributed by atoms with van der Waals surface area (Å²) in [6.07, 6.45) is 0. The van der Waals surface area contributed by atoms with E-state index in [9.17, 15) is 0 Å². The molecule has 2 heterocycles. The van der Waals surface area contributed by atoms with Gasteiger partial charge in [-0.05, 0) is 93.3 Å². The lowest BCUT2D eigenvalue weighted by atomic mass is 9.91. The van der Waals surface area contributed by atoms with Crippen molar-refractivity contribution in [2.45, 2.75) is 0 Å². The van der Waals surface area contributed by atoms with Gasteiger partial charge in [-0.3, -0.25) is 0 Å². The van der Waals surface area contributed by atoms with Gasteiger partial charge in [0, 0.05) is 78.3 Å². The van der Waals surface area contributed by atoms with Crippen molar-refractivity contribution in [3.63, 3.8) is 0 Å². The molecular weight excluding hydrogens is 829 g/mol. The van der Waals surface area contributed by atoms with E-state index in [1.54, 1.807) is 0 Å². The Bertz CT molecular complexity index is 3920. The molecule has 0 atom stereocenters.